The first-order valence-corrected chi connectivity index (χ1v) is 7.34. The van der Waals surface area contributed by atoms with Crippen LogP contribution in [0.15, 0.2) is 0 Å². The molecule has 0 heterocycles. The average molecular weight is 263 g/mol. The average Bonchev–Trinajstić information content (AvgIpc) is 2.10. The lowest BCUT2D eigenvalue weighted by molar-refractivity contribution is 0.344. The Morgan fingerprint density at radius 1 is 1.36 bits per heavy atom. The number of unbranched alkanes of at least 4 members (excludes halogenated alkanes) is 1. The molecule has 3 nitrogen and oxygen atoms in total. The zero-order chi connectivity index (χ0) is 11.2. The quantitative estimate of drug-likeness (QED) is 0.421. The van der Waals surface area contributed by atoms with Gasteiger partial charge in [-0.3, -0.25) is 4.57 Å². The summed E-state index contributed by atoms with van der Waals surface area (Å²) in [6, 6.07) is 0. The van der Waals surface area contributed by atoms with E-state index in [2.05, 4.69) is 0 Å². The van der Waals surface area contributed by atoms with Crippen LogP contribution in [0.3, 0.4) is 0 Å². The molecule has 0 aromatic heterocycles. The maximum atomic E-state index is 10.9. The fourth-order valence-corrected chi connectivity index (χ4v) is 2.71. The van der Waals surface area contributed by atoms with Crippen LogP contribution in [0.1, 0.15) is 32.6 Å². The SMILES string of the molecule is CCC(CCCCCl)C(Cl)P(=O)(O)O. The maximum Gasteiger partial charge on any atom is 0.343 e. The van der Waals surface area contributed by atoms with Gasteiger partial charge in [0, 0.05) is 5.88 Å². The van der Waals surface area contributed by atoms with Gasteiger partial charge >= 0.3 is 7.60 Å². The Kier molecular flexibility index (Phi) is 7.45. The Morgan fingerprint density at radius 2 is 1.93 bits per heavy atom. The molecular formula is C8H17Cl2O3P. The van der Waals surface area contributed by atoms with Crippen LogP contribution in [0.4, 0.5) is 0 Å². The molecule has 0 saturated heterocycles. The first-order valence-electron chi connectivity index (χ1n) is 4.68. The van der Waals surface area contributed by atoms with Crippen molar-refractivity contribution in [2.75, 3.05) is 5.88 Å². The molecule has 0 fully saturated rings. The van der Waals surface area contributed by atoms with Crippen molar-refractivity contribution >= 4 is 30.8 Å². The lowest BCUT2D eigenvalue weighted by Crippen LogP contribution is -2.14. The van der Waals surface area contributed by atoms with Crippen LogP contribution in [-0.2, 0) is 4.57 Å². The van der Waals surface area contributed by atoms with Crippen LogP contribution in [0.25, 0.3) is 0 Å². The number of rotatable bonds is 7. The predicted molar refractivity (Wildman–Crippen MR) is 60.0 cm³/mol. The third-order valence-corrected chi connectivity index (χ3v) is 4.64. The third kappa shape index (κ3) is 5.57. The second kappa shape index (κ2) is 7.08. The third-order valence-electron chi connectivity index (χ3n) is 2.19. The van der Waals surface area contributed by atoms with E-state index in [1.54, 1.807) is 0 Å². The molecular weight excluding hydrogens is 246 g/mol. The fraction of sp³-hybridized carbons (Fsp3) is 1.00. The molecule has 0 aromatic rings. The highest BCUT2D eigenvalue weighted by atomic mass is 35.5. The lowest BCUT2D eigenvalue weighted by atomic mass is 10.0. The molecule has 0 aliphatic rings. The molecule has 6 heteroatoms. The van der Waals surface area contributed by atoms with Gasteiger partial charge in [-0.05, 0) is 18.8 Å². The fourth-order valence-electron chi connectivity index (χ4n) is 1.31. The molecule has 0 radical (unpaired) electrons. The number of halogens is 2. The van der Waals surface area contributed by atoms with E-state index in [0.29, 0.717) is 12.3 Å². The van der Waals surface area contributed by atoms with Crippen molar-refractivity contribution in [1.29, 1.82) is 0 Å². The summed E-state index contributed by atoms with van der Waals surface area (Å²) < 4.78 is 10.9. The Balaban J connectivity index is 4.06. The molecule has 86 valence electrons. The zero-order valence-corrected chi connectivity index (χ0v) is 10.6. The van der Waals surface area contributed by atoms with E-state index in [1.165, 1.54) is 0 Å². The topological polar surface area (TPSA) is 57.5 Å². The number of hydrogen-bond donors (Lipinski definition) is 2. The highest BCUT2D eigenvalue weighted by Crippen LogP contribution is 2.49. The van der Waals surface area contributed by atoms with Crippen LogP contribution in [-0.4, -0.2) is 20.8 Å². The highest BCUT2D eigenvalue weighted by Gasteiger charge is 2.32. The van der Waals surface area contributed by atoms with Crippen LogP contribution in [0, 0.1) is 5.92 Å². The minimum atomic E-state index is -4.15. The molecule has 2 N–H and O–H groups in total. The first-order chi connectivity index (χ1) is 6.43. The van der Waals surface area contributed by atoms with Gasteiger partial charge in [0.05, 0.1) is 0 Å². The normalized spacial score (nSPS) is 16.6. The molecule has 0 aromatic carbocycles. The summed E-state index contributed by atoms with van der Waals surface area (Å²) in [5.41, 5.74) is 0. The van der Waals surface area contributed by atoms with E-state index in [1.807, 2.05) is 6.92 Å². The molecule has 0 amide bonds. The maximum absolute atomic E-state index is 10.9. The second-order valence-corrected chi connectivity index (χ2v) is 6.20. The minimum absolute atomic E-state index is 0.124. The van der Waals surface area contributed by atoms with Crippen molar-refractivity contribution in [3.8, 4) is 0 Å². The Hall–Kier alpha value is 0.730. The number of hydrogen-bond acceptors (Lipinski definition) is 1. The van der Waals surface area contributed by atoms with Crippen molar-refractivity contribution < 1.29 is 14.4 Å². The lowest BCUT2D eigenvalue weighted by Gasteiger charge is -2.21. The van der Waals surface area contributed by atoms with Gasteiger partial charge in [0.25, 0.3) is 0 Å². The first kappa shape index (κ1) is 14.7. The molecule has 0 saturated carbocycles. The van der Waals surface area contributed by atoms with Crippen LogP contribution >= 0.6 is 30.8 Å². The van der Waals surface area contributed by atoms with Crippen molar-refractivity contribution in [3.05, 3.63) is 0 Å². The molecule has 0 bridgehead atoms. The highest BCUT2D eigenvalue weighted by molar-refractivity contribution is 7.54. The number of alkyl halides is 2. The Morgan fingerprint density at radius 3 is 2.29 bits per heavy atom. The summed E-state index contributed by atoms with van der Waals surface area (Å²) in [4.78, 5) is 17.8. The molecule has 2 unspecified atom stereocenters. The minimum Gasteiger partial charge on any atom is -0.323 e. The zero-order valence-electron chi connectivity index (χ0n) is 8.20. The predicted octanol–water partition coefficient (Wildman–Crippen LogP) is 3.16. The molecule has 0 rings (SSSR count). The van der Waals surface area contributed by atoms with Crippen LogP contribution in [0.5, 0.6) is 0 Å². The summed E-state index contributed by atoms with van der Waals surface area (Å²) in [6.07, 6.45) is 3.14. The summed E-state index contributed by atoms with van der Waals surface area (Å²) >= 11 is 11.2. The molecule has 14 heavy (non-hydrogen) atoms. The van der Waals surface area contributed by atoms with Gasteiger partial charge in [-0.25, -0.2) is 0 Å². The standard InChI is InChI=1S/C8H17Cl2O3P/c1-2-7(5-3-4-6-9)8(10)14(11,12)13/h7-8H,2-6H2,1H3,(H2,11,12,13). The summed E-state index contributed by atoms with van der Waals surface area (Å²) in [5.74, 6) is 0.458. The summed E-state index contributed by atoms with van der Waals surface area (Å²) in [7, 11) is -4.15. The monoisotopic (exact) mass is 262 g/mol. The molecule has 0 aliphatic carbocycles. The van der Waals surface area contributed by atoms with Crippen LogP contribution in [0.2, 0.25) is 0 Å². The van der Waals surface area contributed by atoms with Crippen LogP contribution < -0.4 is 0 Å². The summed E-state index contributed by atoms with van der Waals surface area (Å²) in [5, 5.41) is -1.05. The van der Waals surface area contributed by atoms with Gasteiger partial charge in [-0.2, -0.15) is 0 Å². The van der Waals surface area contributed by atoms with Gasteiger partial charge in [0.1, 0.15) is 5.12 Å². The van der Waals surface area contributed by atoms with Crippen molar-refractivity contribution in [2.24, 2.45) is 5.92 Å². The van der Waals surface area contributed by atoms with Crippen molar-refractivity contribution in [1.82, 2.24) is 0 Å². The smallest absolute Gasteiger partial charge is 0.323 e. The van der Waals surface area contributed by atoms with E-state index in [0.717, 1.165) is 19.3 Å². The van der Waals surface area contributed by atoms with E-state index in [-0.39, 0.29) is 5.92 Å². The molecule has 0 spiro atoms. The molecule has 2 atom stereocenters. The largest absolute Gasteiger partial charge is 0.343 e. The van der Waals surface area contributed by atoms with Crippen molar-refractivity contribution in [3.63, 3.8) is 0 Å². The van der Waals surface area contributed by atoms with Crippen molar-refractivity contribution in [2.45, 2.75) is 37.7 Å². The van der Waals surface area contributed by atoms with E-state index < -0.39 is 12.7 Å². The Bertz CT molecular complexity index is 195. The van der Waals surface area contributed by atoms with Gasteiger partial charge in [-0.1, -0.05) is 19.8 Å². The van der Waals surface area contributed by atoms with Gasteiger partial charge < -0.3 is 9.79 Å². The van der Waals surface area contributed by atoms with Gasteiger partial charge in [0.15, 0.2) is 0 Å². The summed E-state index contributed by atoms with van der Waals surface area (Å²) in [6.45, 7) is 1.89. The van der Waals surface area contributed by atoms with E-state index >= 15 is 0 Å². The van der Waals surface area contributed by atoms with Gasteiger partial charge in [0.2, 0.25) is 0 Å². The van der Waals surface area contributed by atoms with E-state index in [9.17, 15) is 4.57 Å². The van der Waals surface area contributed by atoms with E-state index in [4.69, 9.17) is 33.0 Å². The second-order valence-electron chi connectivity index (χ2n) is 3.31. The van der Waals surface area contributed by atoms with Gasteiger partial charge in [-0.15, -0.1) is 23.2 Å². The molecule has 0 aliphatic heterocycles. The Labute approximate surface area is 95.0 Å².